The zero-order chi connectivity index (χ0) is 14.1. The predicted octanol–water partition coefficient (Wildman–Crippen LogP) is 3.71. The Bertz CT molecular complexity index is 682. The summed E-state index contributed by atoms with van der Waals surface area (Å²) < 4.78 is 26.3. The van der Waals surface area contributed by atoms with Crippen molar-refractivity contribution in [3.63, 3.8) is 0 Å². The van der Waals surface area contributed by atoms with Crippen LogP contribution < -0.4 is 5.32 Å². The van der Waals surface area contributed by atoms with E-state index in [0.717, 1.165) is 31.4 Å². The summed E-state index contributed by atoms with van der Waals surface area (Å²) in [5.74, 6) is -1.83. The van der Waals surface area contributed by atoms with Crippen molar-refractivity contribution < 1.29 is 13.6 Å². The molecule has 0 bridgehead atoms. The Hall–Kier alpha value is -2.23. The van der Waals surface area contributed by atoms with Crippen molar-refractivity contribution in [1.82, 2.24) is 0 Å². The first kappa shape index (κ1) is 12.8. The van der Waals surface area contributed by atoms with E-state index < -0.39 is 11.6 Å². The van der Waals surface area contributed by atoms with E-state index in [4.69, 9.17) is 0 Å². The van der Waals surface area contributed by atoms with E-state index in [9.17, 15) is 13.6 Å². The van der Waals surface area contributed by atoms with Crippen LogP contribution in [0.2, 0.25) is 0 Å². The smallest absolute Gasteiger partial charge is 0.255 e. The number of hydrogen-bond donors (Lipinski definition) is 1. The van der Waals surface area contributed by atoms with Gasteiger partial charge in [0.15, 0.2) is 0 Å². The Balaban J connectivity index is 1.82. The van der Waals surface area contributed by atoms with E-state index in [1.165, 1.54) is 17.2 Å². The summed E-state index contributed by atoms with van der Waals surface area (Å²) in [5, 5.41) is 2.46. The lowest BCUT2D eigenvalue weighted by Gasteiger charge is -2.08. The first-order chi connectivity index (χ1) is 9.63. The quantitative estimate of drug-likeness (QED) is 0.888. The lowest BCUT2D eigenvalue weighted by atomic mass is 10.1. The van der Waals surface area contributed by atoms with Gasteiger partial charge in [-0.1, -0.05) is 6.07 Å². The molecule has 0 fully saturated rings. The van der Waals surface area contributed by atoms with Crippen LogP contribution in [0.3, 0.4) is 0 Å². The highest BCUT2D eigenvalue weighted by Crippen LogP contribution is 2.23. The van der Waals surface area contributed by atoms with Crippen LogP contribution in [-0.2, 0) is 12.8 Å². The second kappa shape index (κ2) is 5.04. The molecule has 2 aromatic carbocycles. The van der Waals surface area contributed by atoms with Gasteiger partial charge in [0.1, 0.15) is 11.6 Å². The fourth-order valence-electron chi connectivity index (χ4n) is 2.50. The van der Waals surface area contributed by atoms with Gasteiger partial charge in [0.2, 0.25) is 0 Å². The molecule has 0 saturated heterocycles. The van der Waals surface area contributed by atoms with E-state index in [-0.39, 0.29) is 11.6 Å². The van der Waals surface area contributed by atoms with Crippen molar-refractivity contribution in [2.45, 2.75) is 19.3 Å². The Kier molecular flexibility index (Phi) is 3.22. The highest BCUT2D eigenvalue weighted by molar-refractivity contribution is 6.04. The molecule has 0 radical (unpaired) electrons. The molecule has 0 saturated carbocycles. The number of benzene rings is 2. The van der Waals surface area contributed by atoms with Gasteiger partial charge in [-0.2, -0.15) is 0 Å². The van der Waals surface area contributed by atoms with Crippen LogP contribution in [0.5, 0.6) is 0 Å². The van der Waals surface area contributed by atoms with Crippen LogP contribution >= 0.6 is 0 Å². The van der Waals surface area contributed by atoms with Crippen LogP contribution in [0.4, 0.5) is 14.5 Å². The van der Waals surface area contributed by atoms with Gasteiger partial charge >= 0.3 is 0 Å². The zero-order valence-electron chi connectivity index (χ0n) is 10.7. The molecule has 102 valence electrons. The van der Waals surface area contributed by atoms with E-state index in [2.05, 4.69) is 5.32 Å². The van der Waals surface area contributed by atoms with Gasteiger partial charge in [-0.25, -0.2) is 8.78 Å². The number of halogens is 2. The van der Waals surface area contributed by atoms with Crippen LogP contribution in [0, 0.1) is 11.6 Å². The highest BCUT2D eigenvalue weighted by Gasteiger charge is 2.15. The van der Waals surface area contributed by atoms with Crippen molar-refractivity contribution in [2.24, 2.45) is 0 Å². The molecule has 3 rings (SSSR count). The molecule has 4 heteroatoms. The third kappa shape index (κ3) is 2.41. The van der Waals surface area contributed by atoms with Gasteiger partial charge in [0.05, 0.1) is 5.69 Å². The summed E-state index contributed by atoms with van der Waals surface area (Å²) in [6, 6.07) is 8.61. The average Bonchev–Trinajstić information content (AvgIpc) is 2.89. The van der Waals surface area contributed by atoms with Gasteiger partial charge in [-0.05, 0) is 54.7 Å². The van der Waals surface area contributed by atoms with Gasteiger partial charge in [0, 0.05) is 11.6 Å². The molecule has 0 spiro atoms. The number of aryl methyl sites for hydroxylation is 2. The number of carbonyl (C=O) groups is 1. The number of carbonyl (C=O) groups excluding carboxylic acids is 1. The maximum atomic E-state index is 13.5. The molecule has 1 aliphatic rings. The van der Waals surface area contributed by atoms with Crippen molar-refractivity contribution in [2.75, 3.05) is 5.32 Å². The van der Waals surface area contributed by atoms with E-state index in [1.807, 2.05) is 12.1 Å². The van der Waals surface area contributed by atoms with E-state index in [1.54, 1.807) is 6.07 Å². The van der Waals surface area contributed by atoms with Gasteiger partial charge < -0.3 is 5.32 Å². The number of fused-ring (bicyclic) bond motifs is 1. The second-order valence-corrected chi connectivity index (χ2v) is 4.92. The average molecular weight is 273 g/mol. The van der Waals surface area contributed by atoms with Crippen LogP contribution in [0.15, 0.2) is 36.4 Å². The highest BCUT2D eigenvalue weighted by atomic mass is 19.1. The third-order valence-corrected chi connectivity index (χ3v) is 3.54. The maximum Gasteiger partial charge on any atom is 0.255 e. The molecular formula is C16H13F2NO. The molecule has 1 amide bonds. The summed E-state index contributed by atoms with van der Waals surface area (Å²) in [4.78, 5) is 12.1. The zero-order valence-corrected chi connectivity index (χ0v) is 10.7. The number of nitrogens with one attached hydrogen (secondary N) is 1. The van der Waals surface area contributed by atoms with Crippen LogP contribution in [-0.4, -0.2) is 5.91 Å². The molecule has 1 N–H and O–H groups in total. The topological polar surface area (TPSA) is 29.1 Å². The molecule has 20 heavy (non-hydrogen) atoms. The van der Waals surface area contributed by atoms with E-state index in [0.29, 0.717) is 5.56 Å². The molecule has 0 atom stereocenters. The number of amides is 1. The first-order valence-electron chi connectivity index (χ1n) is 6.52. The minimum atomic E-state index is -0.778. The molecule has 1 aliphatic carbocycles. The Labute approximate surface area is 115 Å². The summed E-state index contributed by atoms with van der Waals surface area (Å²) >= 11 is 0. The molecular weight excluding hydrogens is 260 g/mol. The maximum absolute atomic E-state index is 13.5. The molecule has 0 heterocycles. The molecule has 0 aliphatic heterocycles. The Morgan fingerprint density at radius 3 is 2.60 bits per heavy atom. The predicted molar refractivity (Wildman–Crippen MR) is 72.8 cm³/mol. The molecule has 2 aromatic rings. The van der Waals surface area contributed by atoms with Crippen LogP contribution in [0.25, 0.3) is 0 Å². The summed E-state index contributed by atoms with van der Waals surface area (Å²) in [7, 11) is 0. The summed E-state index contributed by atoms with van der Waals surface area (Å²) in [6.07, 6.45) is 3.12. The third-order valence-electron chi connectivity index (χ3n) is 3.54. The van der Waals surface area contributed by atoms with Crippen molar-refractivity contribution in [1.29, 1.82) is 0 Å². The molecule has 0 aromatic heterocycles. The largest absolute Gasteiger partial charge is 0.319 e. The summed E-state index contributed by atoms with van der Waals surface area (Å²) in [5.41, 5.74) is 2.93. The SMILES string of the molecule is O=C(Nc1ccc(F)cc1F)c1ccc2c(c1)CCC2. The fourth-order valence-corrected chi connectivity index (χ4v) is 2.50. The molecule has 2 nitrogen and oxygen atoms in total. The number of hydrogen-bond acceptors (Lipinski definition) is 1. The Morgan fingerprint density at radius 2 is 1.80 bits per heavy atom. The van der Waals surface area contributed by atoms with Gasteiger partial charge in [-0.15, -0.1) is 0 Å². The Morgan fingerprint density at radius 1 is 1.00 bits per heavy atom. The second-order valence-electron chi connectivity index (χ2n) is 4.92. The summed E-state index contributed by atoms with van der Waals surface area (Å²) in [6.45, 7) is 0. The van der Waals surface area contributed by atoms with Crippen molar-refractivity contribution in [3.8, 4) is 0 Å². The fraction of sp³-hybridized carbons (Fsp3) is 0.188. The van der Waals surface area contributed by atoms with Crippen molar-refractivity contribution >= 4 is 11.6 Å². The monoisotopic (exact) mass is 273 g/mol. The lowest BCUT2D eigenvalue weighted by molar-refractivity contribution is 0.102. The minimum Gasteiger partial charge on any atom is -0.319 e. The minimum absolute atomic E-state index is 0.0168. The molecule has 0 unspecified atom stereocenters. The van der Waals surface area contributed by atoms with E-state index >= 15 is 0 Å². The lowest BCUT2D eigenvalue weighted by Crippen LogP contribution is -2.13. The normalized spacial score (nSPS) is 13.1. The first-order valence-corrected chi connectivity index (χ1v) is 6.52. The van der Waals surface area contributed by atoms with Crippen LogP contribution in [0.1, 0.15) is 27.9 Å². The number of rotatable bonds is 2. The van der Waals surface area contributed by atoms with Gasteiger partial charge in [-0.3, -0.25) is 4.79 Å². The van der Waals surface area contributed by atoms with Gasteiger partial charge in [0.25, 0.3) is 5.91 Å². The standard InChI is InChI=1S/C16H13F2NO/c17-13-6-7-15(14(18)9-13)19-16(20)12-5-4-10-2-1-3-11(10)8-12/h4-9H,1-3H2,(H,19,20). The number of anilines is 1. The van der Waals surface area contributed by atoms with Crippen molar-refractivity contribution in [3.05, 3.63) is 64.7 Å².